The van der Waals surface area contributed by atoms with Crippen LogP contribution in [0.25, 0.3) is 0 Å². The Kier molecular flexibility index (Phi) is 50.5. The summed E-state index contributed by atoms with van der Waals surface area (Å²) in [6.07, 6.45) is 2.50. The van der Waals surface area contributed by atoms with Crippen molar-refractivity contribution < 1.29 is 23.7 Å². The van der Waals surface area contributed by atoms with E-state index >= 15 is 0 Å². The molecular weight excluding hydrogens is 1760 g/mol. The van der Waals surface area contributed by atoms with Crippen LogP contribution in [0.4, 0.5) is 0 Å². The molecule has 778 valence electrons. The number of rotatable bonds is 43. The third kappa shape index (κ3) is 38.2. The second-order valence-corrected chi connectivity index (χ2v) is 39.0. The van der Waals surface area contributed by atoms with Crippen molar-refractivity contribution >= 4 is 0 Å². The topological polar surface area (TPSA) is 445 Å². The molecule has 0 aromatic carbocycles. The van der Waals surface area contributed by atoms with Gasteiger partial charge < -0.3 is 66.2 Å². The van der Waals surface area contributed by atoms with E-state index in [1.165, 1.54) is 24.6 Å². The molecule has 8 aromatic rings. The molecule has 1 aliphatic carbocycles. The van der Waals surface area contributed by atoms with Crippen LogP contribution >= 0.6 is 0 Å². The lowest BCUT2D eigenvalue weighted by Gasteiger charge is -2.23. The van der Waals surface area contributed by atoms with E-state index in [4.69, 9.17) is 23.7 Å². The first-order valence-corrected chi connectivity index (χ1v) is 47.5. The maximum Gasteiger partial charge on any atom is 0.275 e. The quantitative estimate of drug-likeness (QED) is 0.0169. The molecule has 138 heavy (non-hydrogen) atoms. The molecule has 8 heterocycles. The van der Waals surface area contributed by atoms with Gasteiger partial charge in [-0.25, -0.2) is 0 Å². The molecule has 0 unspecified atom stereocenters. The Labute approximate surface area is 818 Å². The molecule has 37 nitrogen and oxygen atoms in total. The summed E-state index contributed by atoms with van der Waals surface area (Å²) >= 11 is 0. The zero-order valence-electron chi connectivity index (χ0n) is 90.2. The average molecular weight is 1930 g/mol. The highest BCUT2D eigenvalue weighted by Gasteiger charge is 2.26. The van der Waals surface area contributed by atoms with Gasteiger partial charge in [-0.3, -0.25) is 117 Å². The number of aromatic amines is 8. The van der Waals surface area contributed by atoms with Crippen LogP contribution in [0.5, 0.6) is 17.6 Å². The predicted molar refractivity (Wildman–Crippen MR) is 560 cm³/mol. The Morgan fingerprint density at radius 3 is 0.942 bits per heavy atom. The van der Waals surface area contributed by atoms with E-state index in [0.717, 1.165) is 108 Å². The predicted octanol–water partition coefficient (Wildman–Crippen LogP) is 13.1. The van der Waals surface area contributed by atoms with Gasteiger partial charge in [-0.1, -0.05) is 184 Å². The summed E-state index contributed by atoms with van der Waals surface area (Å²) in [4.78, 5) is 95.1. The SMILES string of the molecule is C=C(NCc1c(C)[nH]n(CC)c1=O)C(C)C.C=C(NCc1c(C)[nH]n(CC)c1=O)C(C)C.C=C(NCc1c(C)[nH]n(CC2CC2)c1=O)C(C)C.C=C(NCc1c(C)[nH]n(CCOC)c1=O)C(C)(C)C.C=C(NCc1c(C)n(CCOC)[nH]c1=O)C(C)(C)C.C=C(NCc1c(OC)[nH]n(C)c1=O)C(C)C.C=C(NCc1c(OC)n(C)[nH]c1=O)C(C)(C)C.C=C(NCc1c(OC)n(CC)[nH]c1=O)C(C)C. The van der Waals surface area contributed by atoms with Gasteiger partial charge in [0.15, 0.2) is 0 Å². The fourth-order valence-electron chi connectivity index (χ4n) is 12.5. The van der Waals surface area contributed by atoms with Crippen LogP contribution in [0.1, 0.15) is 238 Å². The molecular formula is C101H176N24O13. The molecule has 37 heteroatoms. The molecule has 16 N–H and O–H groups in total. The molecule has 0 atom stereocenters. The molecule has 1 saturated carbocycles. The van der Waals surface area contributed by atoms with Crippen LogP contribution in [-0.2, 0) is 115 Å². The standard InChI is InChI=1S/2C14H25N3O2.C14H23N3O.2C12H21N3O2.2C12H21N3O.C11H19N3O2/c1-10-12(9-15-11(2)14(3,4)5)13(18)16-17(10)7-8-19-6;1-10-12(9-15-11(2)14(3,4)5)13(18)17(16-10)7-8-19-6;1-9(2)10(3)15-7-13-11(4)16-17(14(13)18)8-12-5-6-12;1-8(12(2,3)4)13-7-9-10(16)14-15(5)11(9)17-6;1-6-15-12(17-5)10(11(16)14-15)7-13-9(4)8(2)3;2*1-6-15-12(16)11(10(5)14-15)7-13-9(4)8(2)3;1-7(2)8(3)12-6-9-10(16-5)13-14(4)11(9)15/h15H,2,7-9H2,1,3-6H3,(H,16,18);15-16H,2,7-9H2,1,3-6H3;9,12,15-16H,3,5-8H2,1-2,4H3;13H,1,7H2,2-6H3,(H,14,16);8,13H,4,6-7H2,1-3,5H3,(H,14,16);2*8,13-14H,4,6-7H2,1-3,5H3;7,12-13H,3,6H2,1-2,4-5H3. The summed E-state index contributed by atoms with van der Waals surface area (Å²) in [7, 11) is 11.3. The molecule has 1 aliphatic rings. The summed E-state index contributed by atoms with van der Waals surface area (Å²) in [5.41, 5.74) is 17.6. The number of aromatic nitrogens is 16. The number of ether oxygens (including phenoxy) is 5. The van der Waals surface area contributed by atoms with E-state index in [-0.39, 0.29) is 60.7 Å². The monoisotopic (exact) mass is 1930 g/mol. The zero-order chi connectivity index (χ0) is 106. The summed E-state index contributed by atoms with van der Waals surface area (Å²) in [6.45, 7) is 95.5. The van der Waals surface area contributed by atoms with Crippen molar-refractivity contribution in [1.82, 2.24) is 121 Å². The minimum absolute atomic E-state index is 0.00348. The average Bonchev–Trinajstić information content (AvgIpc) is 1.66. The van der Waals surface area contributed by atoms with Gasteiger partial charge in [0.25, 0.3) is 44.5 Å². The Hall–Kier alpha value is -12.3. The largest absolute Gasteiger partial charge is 0.481 e. The summed E-state index contributed by atoms with van der Waals surface area (Å²) in [5.74, 6) is 4.16. The van der Waals surface area contributed by atoms with Crippen molar-refractivity contribution in [3.05, 3.63) is 254 Å². The number of hydrogen-bond acceptors (Lipinski definition) is 21. The normalized spacial score (nSPS) is 11.6. The van der Waals surface area contributed by atoms with Crippen molar-refractivity contribution in [1.29, 1.82) is 0 Å². The van der Waals surface area contributed by atoms with Crippen LogP contribution in [0, 0.1) is 86.4 Å². The molecule has 0 radical (unpaired) electrons. The summed E-state index contributed by atoms with van der Waals surface area (Å²) in [6, 6.07) is 0. The number of nitrogens with one attached hydrogen (secondary N) is 16. The van der Waals surface area contributed by atoms with E-state index in [1.807, 2.05) is 87.8 Å². The number of nitrogens with zero attached hydrogens (tertiary/aromatic N) is 8. The third-order valence-electron chi connectivity index (χ3n) is 23.4. The lowest BCUT2D eigenvalue weighted by Crippen LogP contribution is -2.27. The van der Waals surface area contributed by atoms with E-state index in [1.54, 1.807) is 70.6 Å². The lowest BCUT2D eigenvalue weighted by molar-refractivity contribution is 0.182. The van der Waals surface area contributed by atoms with E-state index in [2.05, 4.69) is 240 Å². The van der Waals surface area contributed by atoms with E-state index in [9.17, 15) is 38.4 Å². The fraction of sp³-hybridized carbons (Fsp3) is 0.604. The van der Waals surface area contributed by atoms with Gasteiger partial charge in [0, 0.05) is 178 Å². The van der Waals surface area contributed by atoms with Crippen LogP contribution in [0.15, 0.2) is 137 Å². The smallest absolute Gasteiger partial charge is 0.275 e. The van der Waals surface area contributed by atoms with Crippen LogP contribution in [0.3, 0.4) is 0 Å². The second-order valence-electron chi connectivity index (χ2n) is 39.0. The van der Waals surface area contributed by atoms with Crippen molar-refractivity contribution in [2.45, 2.75) is 291 Å². The van der Waals surface area contributed by atoms with Gasteiger partial charge in [0.2, 0.25) is 17.6 Å². The number of H-pyrrole nitrogens is 8. The molecule has 0 amide bonds. The van der Waals surface area contributed by atoms with Gasteiger partial charge in [-0.05, 0) is 104 Å². The Morgan fingerprint density at radius 2 is 0.616 bits per heavy atom. The van der Waals surface area contributed by atoms with Crippen LogP contribution in [0.2, 0.25) is 0 Å². The van der Waals surface area contributed by atoms with Gasteiger partial charge in [0.05, 0.1) is 112 Å². The first kappa shape index (κ1) is 122. The maximum absolute atomic E-state index is 12.2. The molecule has 0 spiro atoms. The highest BCUT2D eigenvalue weighted by atomic mass is 16.5. The first-order chi connectivity index (χ1) is 64.2. The van der Waals surface area contributed by atoms with Gasteiger partial charge >= 0.3 is 0 Å². The highest BCUT2D eigenvalue weighted by molar-refractivity contribution is 5.28. The fourth-order valence-corrected chi connectivity index (χ4v) is 12.5. The number of hydrogen-bond donors (Lipinski definition) is 16. The first-order valence-electron chi connectivity index (χ1n) is 47.5. The zero-order valence-corrected chi connectivity index (χ0v) is 90.2. The summed E-state index contributed by atoms with van der Waals surface area (Å²) in [5, 5.41) is 48.9. The minimum atomic E-state index is -0.140. The molecule has 1 fully saturated rings. The molecule has 0 bridgehead atoms. The highest BCUT2D eigenvalue weighted by Crippen LogP contribution is 2.30. The van der Waals surface area contributed by atoms with Gasteiger partial charge in [-0.2, -0.15) is 0 Å². The minimum Gasteiger partial charge on any atom is -0.481 e. The van der Waals surface area contributed by atoms with Crippen molar-refractivity contribution in [2.24, 2.45) is 65.8 Å². The van der Waals surface area contributed by atoms with Gasteiger partial charge in [0.1, 0.15) is 0 Å². The van der Waals surface area contributed by atoms with Gasteiger partial charge in [-0.15, -0.1) is 0 Å². The Bertz CT molecular complexity index is 5640. The Balaban J connectivity index is 0.000000534. The van der Waals surface area contributed by atoms with Crippen LogP contribution in [-0.4, -0.2) is 127 Å². The lowest BCUT2D eigenvalue weighted by atomic mass is 9.93. The van der Waals surface area contributed by atoms with Crippen molar-refractivity contribution in [3.8, 4) is 17.6 Å². The number of allylic oxidation sites excluding steroid dienone is 8. The van der Waals surface area contributed by atoms with E-state index < -0.39 is 0 Å². The molecule has 0 aliphatic heterocycles. The third-order valence-corrected chi connectivity index (χ3v) is 23.4. The second kappa shape index (κ2) is 57.2. The molecule has 9 rings (SSSR count). The van der Waals surface area contributed by atoms with Crippen molar-refractivity contribution in [2.75, 3.05) is 48.8 Å². The van der Waals surface area contributed by atoms with Crippen LogP contribution < -0.4 is 101 Å². The number of methoxy groups -OCH3 is 5. The Morgan fingerprint density at radius 1 is 0.333 bits per heavy atom. The van der Waals surface area contributed by atoms with E-state index in [0.29, 0.717) is 168 Å². The number of aryl methyl sites for hydroxylation is 9. The maximum atomic E-state index is 12.2. The molecule has 0 saturated heterocycles. The van der Waals surface area contributed by atoms with Crippen molar-refractivity contribution in [3.63, 3.8) is 0 Å². The summed E-state index contributed by atoms with van der Waals surface area (Å²) < 4.78 is 38.6. The molecule has 8 aromatic heterocycles.